The molecule has 0 radical (unpaired) electrons. The summed E-state index contributed by atoms with van der Waals surface area (Å²) >= 11 is 0. The van der Waals surface area contributed by atoms with Gasteiger partial charge in [-0.3, -0.25) is 0 Å². The first-order chi connectivity index (χ1) is 7.24. The van der Waals surface area contributed by atoms with E-state index in [4.69, 9.17) is 4.74 Å². The van der Waals surface area contributed by atoms with Gasteiger partial charge in [-0.05, 0) is 32.1 Å². The molecule has 0 aromatic rings. The fourth-order valence-corrected chi connectivity index (χ4v) is 2.28. The molecule has 0 bridgehead atoms. The second kappa shape index (κ2) is 4.39. The standard InChI is InChI=1S/C11H20N2O2/c1-2-11(5-3-6-11)13-10(14)12-9-4-7-15-8-9/h9H,2-8H2,1H3,(H2,12,13,14). The number of hydrogen-bond acceptors (Lipinski definition) is 2. The molecule has 4 heteroatoms. The quantitative estimate of drug-likeness (QED) is 0.743. The van der Waals surface area contributed by atoms with Crippen molar-refractivity contribution < 1.29 is 9.53 Å². The highest BCUT2D eigenvalue weighted by Crippen LogP contribution is 2.34. The van der Waals surface area contributed by atoms with Crippen LogP contribution in [0.4, 0.5) is 4.79 Å². The Bertz CT molecular complexity index is 227. The molecule has 1 saturated heterocycles. The van der Waals surface area contributed by atoms with Crippen LogP contribution in [0.2, 0.25) is 0 Å². The third kappa shape index (κ3) is 2.43. The zero-order chi connectivity index (χ0) is 10.7. The Morgan fingerprint density at radius 2 is 2.33 bits per heavy atom. The smallest absolute Gasteiger partial charge is 0.315 e. The first-order valence-electron chi connectivity index (χ1n) is 5.90. The molecule has 0 aromatic carbocycles. The van der Waals surface area contributed by atoms with Gasteiger partial charge in [0.25, 0.3) is 0 Å². The van der Waals surface area contributed by atoms with Gasteiger partial charge in [0, 0.05) is 12.1 Å². The van der Waals surface area contributed by atoms with E-state index < -0.39 is 0 Å². The van der Waals surface area contributed by atoms with Crippen molar-refractivity contribution in [1.29, 1.82) is 0 Å². The van der Waals surface area contributed by atoms with Crippen LogP contribution >= 0.6 is 0 Å². The Hall–Kier alpha value is -0.770. The molecule has 2 N–H and O–H groups in total. The predicted octanol–water partition coefficient (Wildman–Crippen LogP) is 1.41. The van der Waals surface area contributed by atoms with Crippen LogP contribution < -0.4 is 10.6 Å². The molecular formula is C11H20N2O2. The van der Waals surface area contributed by atoms with Crippen LogP contribution in [0.5, 0.6) is 0 Å². The maximum atomic E-state index is 11.7. The second-order valence-electron chi connectivity index (χ2n) is 4.65. The fourth-order valence-electron chi connectivity index (χ4n) is 2.28. The number of nitrogens with one attached hydrogen (secondary N) is 2. The maximum absolute atomic E-state index is 11.7. The van der Waals surface area contributed by atoms with E-state index in [2.05, 4.69) is 17.6 Å². The van der Waals surface area contributed by atoms with E-state index in [-0.39, 0.29) is 17.6 Å². The Labute approximate surface area is 90.8 Å². The monoisotopic (exact) mass is 212 g/mol. The number of hydrogen-bond donors (Lipinski definition) is 2. The zero-order valence-electron chi connectivity index (χ0n) is 9.34. The van der Waals surface area contributed by atoms with Gasteiger partial charge in [-0.25, -0.2) is 4.79 Å². The summed E-state index contributed by atoms with van der Waals surface area (Å²) in [7, 11) is 0. The molecule has 2 rings (SSSR count). The number of carbonyl (C=O) groups excluding carboxylic acids is 1. The summed E-state index contributed by atoms with van der Waals surface area (Å²) in [6.07, 6.45) is 5.45. The number of urea groups is 1. The molecule has 1 saturated carbocycles. The van der Waals surface area contributed by atoms with E-state index in [9.17, 15) is 4.79 Å². The van der Waals surface area contributed by atoms with Crippen LogP contribution in [-0.4, -0.2) is 30.8 Å². The van der Waals surface area contributed by atoms with E-state index in [1.807, 2.05) is 0 Å². The van der Waals surface area contributed by atoms with Crippen molar-refractivity contribution in [3.63, 3.8) is 0 Å². The molecule has 1 heterocycles. The summed E-state index contributed by atoms with van der Waals surface area (Å²) in [5, 5.41) is 6.06. The molecular weight excluding hydrogens is 192 g/mol. The van der Waals surface area contributed by atoms with Gasteiger partial charge in [0.15, 0.2) is 0 Å². The molecule has 4 nitrogen and oxygen atoms in total. The van der Waals surface area contributed by atoms with Crippen molar-refractivity contribution in [3.8, 4) is 0 Å². The van der Waals surface area contributed by atoms with Crippen molar-refractivity contribution in [3.05, 3.63) is 0 Å². The van der Waals surface area contributed by atoms with Crippen LogP contribution in [0, 0.1) is 0 Å². The van der Waals surface area contributed by atoms with E-state index in [1.54, 1.807) is 0 Å². The highest BCUT2D eigenvalue weighted by Gasteiger charge is 2.36. The highest BCUT2D eigenvalue weighted by atomic mass is 16.5. The summed E-state index contributed by atoms with van der Waals surface area (Å²) in [6, 6.07) is 0.186. The molecule has 2 fully saturated rings. The average Bonchev–Trinajstić information content (AvgIpc) is 2.64. The lowest BCUT2D eigenvalue weighted by Gasteiger charge is -2.42. The van der Waals surface area contributed by atoms with Crippen LogP contribution in [0.25, 0.3) is 0 Å². The maximum Gasteiger partial charge on any atom is 0.315 e. The van der Waals surface area contributed by atoms with Gasteiger partial charge in [-0.1, -0.05) is 6.92 Å². The summed E-state index contributed by atoms with van der Waals surface area (Å²) in [5.74, 6) is 0. The summed E-state index contributed by atoms with van der Waals surface area (Å²) in [4.78, 5) is 11.7. The minimum Gasteiger partial charge on any atom is -0.379 e. The molecule has 2 aliphatic rings. The summed E-state index contributed by atoms with van der Waals surface area (Å²) < 4.78 is 5.21. The molecule has 15 heavy (non-hydrogen) atoms. The molecule has 1 aliphatic carbocycles. The van der Waals surface area contributed by atoms with Crippen LogP contribution in [0.15, 0.2) is 0 Å². The van der Waals surface area contributed by atoms with E-state index >= 15 is 0 Å². The van der Waals surface area contributed by atoms with Gasteiger partial charge in [-0.15, -0.1) is 0 Å². The van der Waals surface area contributed by atoms with Gasteiger partial charge in [-0.2, -0.15) is 0 Å². The lowest BCUT2D eigenvalue weighted by Crippen LogP contribution is -2.57. The van der Waals surface area contributed by atoms with Crippen LogP contribution in [-0.2, 0) is 4.74 Å². The lowest BCUT2D eigenvalue weighted by molar-refractivity contribution is 0.165. The molecule has 1 atom stereocenters. The van der Waals surface area contributed by atoms with E-state index in [1.165, 1.54) is 6.42 Å². The van der Waals surface area contributed by atoms with Crippen molar-refractivity contribution >= 4 is 6.03 Å². The third-order valence-corrected chi connectivity index (χ3v) is 3.63. The third-order valence-electron chi connectivity index (χ3n) is 3.63. The molecule has 1 unspecified atom stereocenters. The number of amides is 2. The first-order valence-corrected chi connectivity index (χ1v) is 5.90. The zero-order valence-corrected chi connectivity index (χ0v) is 9.34. The Morgan fingerprint density at radius 1 is 1.53 bits per heavy atom. The van der Waals surface area contributed by atoms with E-state index in [0.29, 0.717) is 6.61 Å². The van der Waals surface area contributed by atoms with Crippen molar-refractivity contribution in [2.24, 2.45) is 0 Å². The minimum absolute atomic E-state index is 0.0212. The Morgan fingerprint density at radius 3 is 2.80 bits per heavy atom. The number of carbonyl (C=O) groups is 1. The fraction of sp³-hybridized carbons (Fsp3) is 0.909. The second-order valence-corrected chi connectivity index (χ2v) is 4.65. The lowest BCUT2D eigenvalue weighted by atomic mass is 9.75. The first kappa shape index (κ1) is 10.7. The molecule has 86 valence electrons. The van der Waals surface area contributed by atoms with Gasteiger partial charge < -0.3 is 15.4 Å². The predicted molar refractivity (Wildman–Crippen MR) is 57.8 cm³/mol. The average molecular weight is 212 g/mol. The molecule has 1 aliphatic heterocycles. The molecule has 0 aromatic heterocycles. The van der Waals surface area contributed by atoms with Crippen LogP contribution in [0.1, 0.15) is 39.0 Å². The topological polar surface area (TPSA) is 50.4 Å². The van der Waals surface area contributed by atoms with Gasteiger partial charge in [0.1, 0.15) is 0 Å². The number of ether oxygens (including phenoxy) is 1. The Balaban J connectivity index is 1.76. The minimum atomic E-state index is -0.0212. The molecule has 0 spiro atoms. The van der Waals surface area contributed by atoms with Crippen LogP contribution in [0.3, 0.4) is 0 Å². The van der Waals surface area contributed by atoms with Gasteiger partial charge in [0.2, 0.25) is 0 Å². The largest absolute Gasteiger partial charge is 0.379 e. The SMILES string of the molecule is CCC1(NC(=O)NC2CCOC2)CCC1. The molecule has 2 amide bonds. The van der Waals surface area contributed by atoms with Crippen molar-refractivity contribution in [2.45, 2.75) is 50.6 Å². The van der Waals surface area contributed by atoms with Gasteiger partial charge >= 0.3 is 6.03 Å². The summed E-state index contributed by atoms with van der Waals surface area (Å²) in [5.41, 5.74) is 0.0868. The van der Waals surface area contributed by atoms with E-state index in [0.717, 1.165) is 32.3 Å². The number of rotatable bonds is 3. The normalized spacial score (nSPS) is 28.2. The summed E-state index contributed by atoms with van der Waals surface area (Å²) in [6.45, 7) is 3.56. The van der Waals surface area contributed by atoms with Crippen molar-refractivity contribution in [1.82, 2.24) is 10.6 Å². The van der Waals surface area contributed by atoms with Crippen molar-refractivity contribution in [2.75, 3.05) is 13.2 Å². The highest BCUT2D eigenvalue weighted by molar-refractivity contribution is 5.75. The Kier molecular flexibility index (Phi) is 3.14. The van der Waals surface area contributed by atoms with Gasteiger partial charge in [0.05, 0.1) is 12.6 Å².